The van der Waals surface area contributed by atoms with Crippen molar-refractivity contribution in [3.8, 4) is 0 Å². The molecule has 0 aliphatic carbocycles. The summed E-state index contributed by atoms with van der Waals surface area (Å²) in [5.74, 6) is 0.0179. The Kier molecular flexibility index (Phi) is 2.91. The summed E-state index contributed by atoms with van der Waals surface area (Å²) < 4.78 is 0. The van der Waals surface area contributed by atoms with Gasteiger partial charge in [0.25, 0.3) is 5.91 Å². The molecule has 0 saturated carbocycles. The molecule has 0 aliphatic heterocycles. The molecule has 17 heavy (non-hydrogen) atoms. The molecule has 0 atom stereocenters. The summed E-state index contributed by atoms with van der Waals surface area (Å²) in [7, 11) is 0. The lowest BCUT2D eigenvalue weighted by Gasteiger charge is -2.03. The minimum Gasteiger partial charge on any atom is -0.368 e. The molecule has 2 aromatic heterocycles. The Morgan fingerprint density at radius 2 is 2.24 bits per heavy atom. The molecule has 2 rings (SSSR count). The number of aromatic nitrogens is 4. The quantitative estimate of drug-likeness (QED) is 0.773. The summed E-state index contributed by atoms with van der Waals surface area (Å²) in [4.78, 5) is 19.5. The zero-order chi connectivity index (χ0) is 12.3. The fourth-order valence-electron chi connectivity index (χ4n) is 1.26. The second kappa shape index (κ2) is 4.52. The van der Waals surface area contributed by atoms with Crippen LogP contribution in [0.4, 0.5) is 11.8 Å². The lowest BCUT2D eigenvalue weighted by Crippen LogP contribution is -2.16. The van der Waals surface area contributed by atoms with E-state index in [0.717, 1.165) is 0 Å². The average Bonchev–Trinajstić information content (AvgIpc) is 2.29. The normalized spacial score (nSPS) is 9.94. The van der Waals surface area contributed by atoms with Gasteiger partial charge in [-0.25, -0.2) is 9.97 Å². The van der Waals surface area contributed by atoms with Gasteiger partial charge in [0.15, 0.2) is 5.82 Å². The lowest BCUT2D eigenvalue weighted by molar-refractivity contribution is 0.102. The molecule has 2 heterocycles. The number of rotatable bonds is 2. The number of amides is 1. The Hall–Kier alpha value is -2.57. The van der Waals surface area contributed by atoms with E-state index in [1.54, 1.807) is 25.1 Å². The van der Waals surface area contributed by atoms with Crippen molar-refractivity contribution in [2.75, 3.05) is 11.1 Å². The highest BCUT2D eigenvalue weighted by atomic mass is 16.1. The number of hydrogen-bond acceptors (Lipinski definition) is 6. The standard InChI is InChI=1S/C10H10N6O/c1-6-5-7(14-10(11)13-6)9(17)15-8-3-2-4-12-16-8/h2-5H,1H3,(H2,11,13,14)(H,15,16,17). The van der Waals surface area contributed by atoms with Crippen LogP contribution in [0.5, 0.6) is 0 Å². The van der Waals surface area contributed by atoms with E-state index in [2.05, 4.69) is 25.5 Å². The highest BCUT2D eigenvalue weighted by molar-refractivity contribution is 6.02. The third-order valence-corrected chi connectivity index (χ3v) is 1.92. The Bertz CT molecular complexity index is 521. The number of hydrogen-bond donors (Lipinski definition) is 2. The number of anilines is 2. The van der Waals surface area contributed by atoms with Crippen LogP contribution >= 0.6 is 0 Å². The van der Waals surface area contributed by atoms with Crippen LogP contribution < -0.4 is 11.1 Å². The van der Waals surface area contributed by atoms with Crippen LogP contribution in [0.3, 0.4) is 0 Å². The van der Waals surface area contributed by atoms with Gasteiger partial charge in [-0.05, 0) is 25.1 Å². The van der Waals surface area contributed by atoms with Crippen molar-refractivity contribution in [1.82, 2.24) is 20.2 Å². The Morgan fingerprint density at radius 3 is 2.88 bits per heavy atom. The fraction of sp³-hybridized carbons (Fsp3) is 0.100. The topological polar surface area (TPSA) is 107 Å². The minimum absolute atomic E-state index is 0.0642. The second-order valence-corrected chi connectivity index (χ2v) is 3.32. The molecule has 0 radical (unpaired) electrons. The van der Waals surface area contributed by atoms with E-state index in [0.29, 0.717) is 11.5 Å². The number of nitrogens with two attached hydrogens (primary N) is 1. The first-order valence-electron chi connectivity index (χ1n) is 4.85. The molecular formula is C10H10N6O. The number of nitrogens with zero attached hydrogens (tertiary/aromatic N) is 4. The van der Waals surface area contributed by atoms with E-state index >= 15 is 0 Å². The molecule has 0 fully saturated rings. The van der Waals surface area contributed by atoms with Crippen LogP contribution in [0.25, 0.3) is 0 Å². The summed E-state index contributed by atoms with van der Waals surface area (Å²) in [6, 6.07) is 4.84. The van der Waals surface area contributed by atoms with E-state index in [9.17, 15) is 4.79 Å². The van der Waals surface area contributed by atoms with Gasteiger partial charge in [-0.15, -0.1) is 5.10 Å². The molecule has 0 unspecified atom stereocenters. The van der Waals surface area contributed by atoms with Gasteiger partial charge in [0.1, 0.15) is 5.69 Å². The zero-order valence-corrected chi connectivity index (χ0v) is 9.08. The summed E-state index contributed by atoms with van der Waals surface area (Å²) in [6.07, 6.45) is 1.52. The summed E-state index contributed by atoms with van der Waals surface area (Å²) in [6.45, 7) is 1.73. The van der Waals surface area contributed by atoms with E-state index in [1.165, 1.54) is 6.20 Å². The Balaban J connectivity index is 2.20. The molecular weight excluding hydrogens is 220 g/mol. The highest BCUT2D eigenvalue weighted by Gasteiger charge is 2.10. The number of nitrogen functional groups attached to an aromatic ring is 1. The maximum Gasteiger partial charge on any atom is 0.275 e. The third-order valence-electron chi connectivity index (χ3n) is 1.92. The maximum absolute atomic E-state index is 11.8. The van der Waals surface area contributed by atoms with Gasteiger partial charge in [-0.2, -0.15) is 5.10 Å². The van der Waals surface area contributed by atoms with Gasteiger partial charge >= 0.3 is 0 Å². The summed E-state index contributed by atoms with van der Waals surface area (Å²) in [5.41, 5.74) is 6.28. The first kappa shape index (κ1) is 10.9. The molecule has 1 amide bonds. The molecule has 7 nitrogen and oxygen atoms in total. The van der Waals surface area contributed by atoms with Gasteiger partial charge in [0.05, 0.1) is 0 Å². The predicted molar refractivity (Wildman–Crippen MR) is 61.2 cm³/mol. The Labute approximate surface area is 97.1 Å². The maximum atomic E-state index is 11.8. The van der Waals surface area contributed by atoms with Crippen molar-refractivity contribution in [2.45, 2.75) is 6.92 Å². The number of carbonyl (C=O) groups excluding carboxylic acids is 1. The fourth-order valence-corrected chi connectivity index (χ4v) is 1.26. The van der Waals surface area contributed by atoms with Crippen molar-refractivity contribution in [3.05, 3.63) is 35.8 Å². The lowest BCUT2D eigenvalue weighted by atomic mass is 10.3. The summed E-state index contributed by atoms with van der Waals surface area (Å²) >= 11 is 0. The SMILES string of the molecule is Cc1cc(C(=O)Nc2cccnn2)nc(N)n1. The first-order chi connectivity index (χ1) is 8.15. The zero-order valence-electron chi connectivity index (χ0n) is 9.08. The van der Waals surface area contributed by atoms with E-state index in [-0.39, 0.29) is 11.6 Å². The molecule has 0 aliphatic rings. The van der Waals surface area contributed by atoms with Crippen molar-refractivity contribution >= 4 is 17.7 Å². The Morgan fingerprint density at radius 1 is 1.41 bits per heavy atom. The predicted octanol–water partition coefficient (Wildman–Crippen LogP) is 0.410. The molecule has 2 aromatic rings. The van der Waals surface area contributed by atoms with Crippen molar-refractivity contribution in [3.63, 3.8) is 0 Å². The van der Waals surface area contributed by atoms with Crippen LogP contribution in [0, 0.1) is 6.92 Å². The third kappa shape index (κ3) is 2.71. The molecule has 7 heteroatoms. The molecule has 0 spiro atoms. The van der Waals surface area contributed by atoms with Crippen LogP contribution in [0.1, 0.15) is 16.2 Å². The number of carbonyl (C=O) groups is 1. The number of aryl methyl sites for hydroxylation is 1. The smallest absolute Gasteiger partial charge is 0.275 e. The largest absolute Gasteiger partial charge is 0.368 e. The molecule has 0 saturated heterocycles. The molecule has 3 N–H and O–H groups in total. The first-order valence-corrected chi connectivity index (χ1v) is 4.85. The van der Waals surface area contributed by atoms with E-state index < -0.39 is 5.91 Å². The van der Waals surface area contributed by atoms with Crippen LogP contribution in [-0.2, 0) is 0 Å². The van der Waals surface area contributed by atoms with Crippen molar-refractivity contribution in [1.29, 1.82) is 0 Å². The average molecular weight is 230 g/mol. The van der Waals surface area contributed by atoms with Crippen LogP contribution in [0.15, 0.2) is 24.4 Å². The van der Waals surface area contributed by atoms with E-state index in [4.69, 9.17) is 5.73 Å². The minimum atomic E-state index is -0.400. The molecule has 86 valence electrons. The second-order valence-electron chi connectivity index (χ2n) is 3.32. The van der Waals surface area contributed by atoms with Gasteiger partial charge in [0, 0.05) is 11.9 Å². The van der Waals surface area contributed by atoms with E-state index in [1.807, 2.05) is 0 Å². The van der Waals surface area contributed by atoms with Gasteiger partial charge in [-0.3, -0.25) is 4.79 Å². The summed E-state index contributed by atoms with van der Waals surface area (Å²) in [5, 5.41) is 9.93. The van der Waals surface area contributed by atoms with Gasteiger partial charge in [-0.1, -0.05) is 0 Å². The van der Waals surface area contributed by atoms with Crippen LogP contribution in [-0.4, -0.2) is 26.1 Å². The molecule has 0 aromatic carbocycles. The van der Waals surface area contributed by atoms with Gasteiger partial charge in [0.2, 0.25) is 5.95 Å². The van der Waals surface area contributed by atoms with Crippen LogP contribution in [0.2, 0.25) is 0 Å². The van der Waals surface area contributed by atoms with Gasteiger partial charge < -0.3 is 11.1 Å². The monoisotopic (exact) mass is 230 g/mol. The molecule has 0 bridgehead atoms. The number of nitrogens with one attached hydrogen (secondary N) is 1. The van der Waals surface area contributed by atoms with Crippen molar-refractivity contribution < 1.29 is 4.79 Å². The highest BCUT2D eigenvalue weighted by Crippen LogP contribution is 2.05. The van der Waals surface area contributed by atoms with Crippen molar-refractivity contribution in [2.24, 2.45) is 0 Å².